The minimum Gasteiger partial charge on any atom is -0.619 e. The van der Waals surface area contributed by atoms with E-state index in [1.54, 1.807) is 35.1 Å². The Labute approximate surface area is 127 Å². The monoisotopic (exact) mass is 296 g/mol. The van der Waals surface area contributed by atoms with Gasteiger partial charge in [0.25, 0.3) is 5.91 Å². The highest BCUT2D eigenvalue weighted by molar-refractivity contribution is 6.06. The predicted molar refractivity (Wildman–Crippen MR) is 82.6 cm³/mol. The lowest BCUT2D eigenvalue weighted by Crippen LogP contribution is -2.30. The van der Waals surface area contributed by atoms with Crippen LogP contribution in [0.3, 0.4) is 0 Å². The Morgan fingerprint density at radius 3 is 2.86 bits per heavy atom. The summed E-state index contributed by atoms with van der Waals surface area (Å²) in [7, 11) is 0. The molecule has 1 N–H and O–H groups in total. The van der Waals surface area contributed by atoms with Gasteiger partial charge in [-0.2, -0.15) is 9.83 Å². The second-order valence-corrected chi connectivity index (χ2v) is 5.36. The van der Waals surface area contributed by atoms with Gasteiger partial charge in [0, 0.05) is 23.7 Å². The Kier molecular flexibility index (Phi) is 3.50. The smallest absolute Gasteiger partial charge is 0.252 e. The summed E-state index contributed by atoms with van der Waals surface area (Å²) >= 11 is 0. The molecule has 2 aromatic heterocycles. The zero-order valence-corrected chi connectivity index (χ0v) is 12.4. The number of aromatic nitrogens is 3. The van der Waals surface area contributed by atoms with E-state index in [0.717, 1.165) is 5.39 Å². The second kappa shape index (κ2) is 5.48. The SMILES string of the molecule is CC(C)NC(=O)c1cccc2nn(-c3ccc[n+]([O-])c3)cc12. The third-order valence-corrected chi connectivity index (χ3v) is 3.24. The summed E-state index contributed by atoms with van der Waals surface area (Å²) in [4.78, 5) is 12.3. The van der Waals surface area contributed by atoms with Gasteiger partial charge in [-0.3, -0.25) is 4.79 Å². The van der Waals surface area contributed by atoms with Crippen molar-refractivity contribution in [3.05, 3.63) is 59.7 Å². The maximum Gasteiger partial charge on any atom is 0.252 e. The minimum absolute atomic E-state index is 0.0614. The molecule has 6 nitrogen and oxygen atoms in total. The second-order valence-electron chi connectivity index (χ2n) is 5.36. The average Bonchev–Trinajstić information content (AvgIpc) is 2.90. The van der Waals surface area contributed by atoms with E-state index >= 15 is 0 Å². The van der Waals surface area contributed by atoms with Crippen LogP contribution in [-0.4, -0.2) is 21.7 Å². The molecule has 0 aliphatic rings. The van der Waals surface area contributed by atoms with Crippen molar-refractivity contribution in [3.8, 4) is 5.69 Å². The number of carbonyl (C=O) groups is 1. The van der Waals surface area contributed by atoms with E-state index in [1.807, 2.05) is 19.9 Å². The molecule has 0 bridgehead atoms. The number of hydrogen-bond acceptors (Lipinski definition) is 3. The molecule has 0 radical (unpaired) electrons. The number of pyridine rings is 1. The molecule has 0 atom stereocenters. The molecule has 3 rings (SSSR count). The predicted octanol–water partition coefficient (Wildman–Crippen LogP) is 1.80. The summed E-state index contributed by atoms with van der Waals surface area (Å²) in [6.07, 6.45) is 4.61. The van der Waals surface area contributed by atoms with Crippen LogP contribution in [0.25, 0.3) is 16.6 Å². The zero-order chi connectivity index (χ0) is 15.7. The van der Waals surface area contributed by atoms with Gasteiger partial charge in [0.1, 0.15) is 5.69 Å². The van der Waals surface area contributed by atoms with Crippen LogP contribution in [-0.2, 0) is 0 Å². The summed E-state index contributed by atoms with van der Waals surface area (Å²) in [6, 6.07) is 8.91. The molecule has 1 amide bonds. The fourth-order valence-electron chi connectivity index (χ4n) is 2.29. The number of benzene rings is 1. The highest BCUT2D eigenvalue weighted by Crippen LogP contribution is 2.19. The van der Waals surface area contributed by atoms with Crippen LogP contribution in [0.5, 0.6) is 0 Å². The standard InChI is InChI=1S/C16H16N4O2/c1-11(2)17-16(21)13-6-3-7-15-14(13)10-20(18-15)12-5-4-8-19(22)9-12/h3-11H,1-2H3,(H,17,21). The first-order valence-electron chi connectivity index (χ1n) is 7.03. The topological polar surface area (TPSA) is 73.9 Å². The Morgan fingerprint density at radius 2 is 2.14 bits per heavy atom. The number of hydrogen-bond donors (Lipinski definition) is 1. The van der Waals surface area contributed by atoms with Gasteiger partial charge in [-0.05, 0) is 32.0 Å². The van der Waals surface area contributed by atoms with E-state index in [1.165, 1.54) is 12.4 Å². The summed E-state index contributed by atoms with van der Waals surface area (Å²) < 4.78 is 2.32. The molecule has 2 heterocycles. The Balaban J connectivity index is 2.08. The molecule has 0 unspecified atom stereocenters. The van der Waals surface area contributed by atoms with Gasteiger partial charge in [0.15, 0.2) is 6.20 Å². The van der Waals surface area contributed by atoms with E-state index in [9.17, 15) is 10.0 Å². The minimum atomic E-state index is -0.132. The van der Waals surface area contributed by atoms with Crippen molar-refractivity contribution in [2.75, 3.05) is 0 Å². The van der Waals surface area contributed by atoms with E-state index in [0.29, 0.717) is 21.5 Å². The lowest BCUT2D eigenvalue weighted by atomic mass is 10.1. The molecular formula is C16H16N4O2. The van der Waals surface area contributed by atoms with Gasteiger partial charge in [0.2, 0.25) is 6.20 Å². The molecule has 1 aromatic carbocycles. The fraction of sp³-hybridized carbons (Fsp3) is 0.188. The van der Waals surface area contributed by atoms with Gasteiger partial charge < -0.3 is 10.5 Å². The Morgan fingerprint density at radius 1 is 1.32 bits per heavy atom. The van der Waals surface area contributed by atoms with Gasteiger partial charge >= 0.3 is 0 Å². The maximum atomic E-state index is 12.3. The van der Waals surface area contributed by atoms with Crippen molar-refractivity contribution in [2.45, 2.75) is 19.9 Å². The number of carbonyl (C=O) groups excluding carboxylic acids is 1. The molecule has 0 fully saturated rings. The molecular weight excluding hydrogens is 280 g/mol. The zero-order valence-electron chi connectivity index (χ0n) is 12.4. The van der Waals surface area contributed by atoms with Gasteiger partial charge in [0.05, 0.1) is 11.1 Å². The normalized spacial score (nSPS) is 11.0. The molecule has 22 heavy (non-hydrogen) atoms. The summed E-state index contributed by atoms with van der Waals surface area (Å²) in [6.45, 7) is 3.83. The number of rotatable bonds is 3. The van der Waals surface area contributed by atoms with E-state index in [-0.39, 0.29) is 11.9 Å². The quantitative estimate of drug-likeness (QED) is 0.591. The largest absolute Gasteiger partial charge is 0.619 e. The molecule has 0 spiro atoms. The lowest BCUT2D eigenvalue weighted by Gasteiger charge is -2.08. The van der Waals surface area contributed by atoms with Gasteiger partial charge in [-0.15, -0.1) is 0 Å². The van der Waals surface area contributed by atoms with E-state index in [2.05, 4.69) is 10.4 Å². The number of fused-ring (bicyclic) bond motifs is 1. The van der Waals surface area contributed by atoms with Crippen LogP contribution in [0, 0.1) is 5.21 Å². The van der Waals surface area contributed by atoms with Crippen LogP contribution >= 0.6 is 0 Å². The molecule has 0 saturated carbocycles. The Bertz CT molecular complexity index is 839. The summed E-state index contributed by atoms with van der Waals surface area (Å²) in [5.74, 6) is -0.132. The van der Waals surface area contributed by atoms with Crippen LogP contribution in [0.15, 0.2) is 48.9 Å². The number of nitrogens with zero attached hydrogens (tertiary/aromatic N) is 3. The van der Waals surface area contributed by atoms with Crippen LogP contribution in [0.1, 0.15) is 24.2 Å². The van der Waals surface area contributed by atoms with Crippen LogP contribution < -0.4 is 10.0 Å². The Hall–Kier alpha value is -2.89. The van der Waals surface area contributed by atoms with Gasteiger partial charge in [-0.1, -0.05) is 6.07 Å². The molecule has 112 valence electrons. The van der Waals surface area contributed by atoms with Crippen LogP contribution in [0.4, 0.5) is 0 Å². The first-order chi connectivity index (χ1) is 10.5. The number of nitrogens with one attached hydrogen (secondary N) is 1. The lowest BCUT2D eigenvalue weighted by molar-refractivity contribution is -0.605. The van der Waals surface area contributed by atoms with E-state index < -0.39 is 0 Å². The summed E-state index contributed by atoms with van der Waals surface area (Å²) in [5, 5.41) is 19.4. The van der Waals surface area contributed by atoms with Crippen LogP contribution in [0.2, 0.25) is 0 Å². The van der Waals surface area contributed by atoms with Crippen molar-refractivity contribution in [3.63, 3.8) is 0 Å². The first-order valence-corrected chi connectivity index (χ1v) is 7.03. The number of amides is 1. The van der Waals surface area contributed by atoms with Crippen molar-refractivity contribution in [2.24, 2.45) is 0 Å². The molecule has 0 saturated heterocycles. The van der Waals surface area contributed by atoms with Gasteiger partial charge in [-0.25, -0.2) is 4.68 Å². The molecule has 6 heteroatoms. The van der Waals surface area contributed by atoms with E-state index in [4.69, 9.17) is 0 Å². The molecule has 0 aliphatic carbocycles. The third-order valence-electron chi connectivity index (χ3n) is 3.24. The van der Waals surface area contributed by atoms with Crippen molar-refractivity contribution >= 4 is 16.8 Å². The molecule has 0 aliphatic heterocycles. The fourth-order valence-corrected chi connectivity index (χ4v) is 2.29. The van der Waals surface area contributed by atoms with Crippen molar-refractivity contribution in [1.29, 1.82) is 0 Å². The average molecular weight is 296 g/mol. The maximum absolute atomic E-state index is 12.3. The highest BCUT2D eigenvalue weighted by atomic mass is 16.5. The highest BCUT2D eigenvalue weighted by Gasteiger charge is 2.14. The first kappa shape index (κ1) is 14.1. The summed E-state index contributed by atoms with van der Waals surface area (Å²) in [5.41, 5.74) is 1.92. The third kappa shape index (κ3) is 2.63. The van der Waals surface area contributed by atoms with Crippen molar-refractivity contribution < 1.29 is 9.52 Å². The molecule has 3 aromatic rings. The van der Waals surface area contributed by atoms with Crippen molar-refractivity contribution in [1.82, 2.24) is 15.1 Å².